The van der Waals surface area contributed by atoms with Crippen LogP contribution in [0.1, 0.15) is 43.7 Å². The van der Waals surface area contributed by atoms with E-state index >= 15 is 0 Å². The summed E-state index contributed by atoms with van der Waals surface area (Å²) in [6.07, 6.45) is 5.34. The Balaban J connectivity index is 1.52. The van der Waals surface area contributed by atoms with Gasteiger partial charge in [-0.2, -0.15) is 5.43 Å². The maximum absolute atomic E-state index is 12.8. The number of amides is 2. The van der Waals surface area contributed by atoms with Crippen LogP contribution in [0.4, 0.5) is 0 Å². The lowest BCUT2D eigenvalue weighted by atomic mass is 10.1. The highest BCUT2D eigenvalue weighted by Gasteiger charge is 2.64. The molecule has 2 aromatic carbocycles. The van der Waals surface area contributed by atoms with Gasteiger partial charge in [0.15, 0.2) is 10.2 Å². The summed E-state index contributed by atoms with van der Waals surface area (Å²) in [6, 6.07) is 20.8. The van der Waals surface area contributed by atoms with Gasteiger partial charge in [-0.15, -0.1) is 4.59 Å². The van der Waals surface area contributed by atoms with Crippen molar-refractivity contribution in [3.05, 3.63) is 71.8 Å². The van der Waals surface area contributed by atoms with E-state index in [0.717, 1.165) is 37.9 Å². The van der Waals surface area contributed by atoms with E-state index in [4.69, 9.17) is 0 Å². The number of rotatable bonds is 11. The van der Waals surface area contributed by atoms with Gasteiger partial charge in [-0.1, -0.05) is 94.8 Å². The van der Waals surface area contributed by atoms with Crippen LogP contribution in [0.5, 0.6) is 0 Å². The molecule has 160 valence electrons. The monoisotopic (exact) mass is 489 g/mol. The average molecular weight is 490 g/mol. The van der Waals surface area contributed by atoms with E-state index < -0.39 is 0 Å². The molecule has 0 spiro atoms. The van der Waals surface area contributed by atoms with Crippen LogP contribution in [0.25, 0.3) is 0 Å². The lowest BCUT2D eigenvalue weighted by Gasteiger charge is -2.50. The number of unbranched alkanes of at least 4 members (excludes halogenated alkanes) is 3. The van der Waals surface area contributed by atoms with Gasteiger partial charge in [0, 0.05) is 12.7 Å². The second-order valence-corrected chi connectivity index (χ2v) is 9.93. The molecule has 1 fully saturated rings. The predicted molar refractivity (Wildman–Crippen MR) is 127 cm³/mol. The first kappa shape index (κ1) is 23.0. The minimum atomic E-state index is -0.226. The van der Waals surface area contributed by atoms with E-state index in [2.05, 4.69) is 57.8 Å². The van der Waals surface area contributed by atoms with Crippen molar-refractivity contribution < 1.29 is 14.2 Å². The molecule has 1 saturated heterocycles. The highest BCUT2D eigenvalue weighted by atomic mass is 79.9. The maximum atomic E-state index is 12.8. The molecule has 3 rings (SSSR count). The van der Waals surface area contributed by atoms with Crippen LogP contribution < -0.4 is 5.43 Å². The molecule has 3 atom stereocenters. The summed E-state index contributed by atoms with van der Waals surface area (Å²) in [4.78, 5) is 24.5. The number of hydrogen-bond acceptors (Lipinski definition) is 3. The van der Waals surface area contributed by atoms with Crippen molar-refractivity contribution >= 4 is 39.5 Å². The Hall–Kier alpha value is -1.63. The van der Waals surface area contributed by atoms with Crippen LogP contribution in [-0.2, 0) is 21.8 Å². The molecule has 0 aliphatic carbocycles. The van der Waals surface area contributed by atoms with Gasteiger partial charge in [0.2, 0.25) is 0 Å². The predicted octanol–water partition coefficient (Wildman–Crippen LogP) is 5.22. The average Bonchev–Trinajstić information content (AvgIpc) is 2.76. The van der Waals surface area contributed by atoms with E-state index in [9.17, 15) is 9.59 Å². The minimum absolute atomic E-state index is 0.00840. The fourth-order valence-corrected chi connectivity index (χ4v) is 6.54. The van der Waals surface area contributed by atoms with E-state index in [1.807, 2.05) is 24.3 Å². The van der Waals surface area contributed by atoms with Crippen LogP contribution in [0.2, 0.25) is 0 Å². The summed E-state index contributed by atoms with van der Waals surface area (Å²) >= 11 is 5.29. The summed E-state index contributed by atoms with van der Waals surface area (Å²) in [6.45, 7) is 2.14. The molecule has 0 radical (unpaired) electrons. The quantitative estimate of drug-likeness (QED) is 0.203. The van der Waals surface area contributed by atoms with Crippen molar-refractivity contribution in [2.45, 2.75) is 55.0 Å². The Morgan fingerprint density at radius 3 is 2.20 bits per heavy atom. The van der Waals surface area contributed by atoms with Gasteiger partial charge in [-0.25, -0.2) is 4.79 Å². The third-order valence-corrected chi connectivity index (χ3v) is 8.22. The highest BCUT2D eigenvalue weighted by Crippen LogP contribution is 2.42. The zero-order chi connectivity index (χ0) is 21.4. The van der Waals surface area contributed by atoms with Gasteiger partial charge in [-0.05, 0) is 36.8 Å². The van der Waals surface area contributed by atoms with Crippen molar-refractivity contribution in [2.24, 2.45) is 0 Å². The number of thioether (sulfide) groups is 1. The number of β-lactam (4-membered cyclic amide) rings is 1. The SMILES string of the molecule is CC(=O)N[N+]1(CCCCCCc2ccccc2)C(=O)[C@H](Br)[C@H]1SCc1ccccc1. The van der Waals surface area contributed by atoms with Gasteiger partial charge in [0.1, 0.15) is 6.54 Å². The summed E-state index contributed by atoms with van der Waals surface area (Å²) in [7, 11) is 0. The molecule has 1 unspecified atom stereocenters. The fraction of sp³-hybridized carbons (Fsp3) is 0.417. The van der Waals surface area contributed by atoms with Gasteiger partial charge >= 0.3 is 5.91 Å². The van der Waals surface area contributed by atoms with Crippen molar-refractivity contribution in [3.8, 4) is 0 Å². The Morgan fingerprint density at radius 2 is 1.57 bits per heavy atom. The Bertz CT molecular complexity index is 834. The summed E-state index contributed by atoms with van der Waals surface area (Å²) in [5.74, 6) is 0.717. The topological polar surface area (TPSA) is 46.2 Å². The second kappa shape index (κ2) is 11.1. The number of carbonyl (C=O) groups excluding carboxylic acids is 2. The van der Waals surface area contributed by atoms with Gasteiger partial charge < -0.3 is 0 Å². The van der Waals surface area contributed by atoms with E-state index in [1.165, 1.54) is 18.1 Å². The highest BCUT2D eigenvalue weighted by molar-refractivity contribution is 9.10. The van der Waals surface area contributed by atoms with E-state index in [0.29, 0.717) is 6.54 Å². The number of alkyl halides is 1. The van der Waals surface area contributed by atoms with Gasteiger partial charge in [0.25, 0.3) is 5.91 Å². The molecule has 1 heterocycles. The van der Waals surface area contributed by atoms with Crippen LogP contribution in [0.3, 0.4) is 0 Å². The lowest BCUT2D eigenvalue weighted by Crippen LogP contribution is -2.80. The number of halogens is 1. The fourth-order valence-electron chi connectivity index (χ4n) is 3.96. The minimum Gasteiger partial charge on any atom is -0.270 e. The third-order valence-electron chi connectivity index (χ3n) is 5.50. The van der Waals surface area contributed by atoms with Crippen LogP contribution >= 0.6 is 27.7 Å². The molecule has 2 aromatic rings. The van der Waals surface area contributed by atoms with E-state index in [1.54, 1.807) is 11.8 Å². The summed E-state index contributed by atoms with van der Waals surface area (Å²) in [5, 5.41) is -0.00840. The first-order valence-corrected chi connectivity index (χ1v) is 12.5. The molecule has 4 nitrogen and oxygen atoms in total. The van der Waals surface area contributed by atoms with Crippen molar-refractivity contribution in [1.82, 2.24) is 5.43 Å². The number of benzene rings is 2. The zero-order valence-electron chi connectivity index (χ0n) is 17.4. The molecule has 1 aliphatic rings. The number of aryl methyl sites for hydroxylation is 1. The van der Waals surface area contributed by atoms with Crippen molar-refractivity contribution in [3.63, 3.8) is 0 Å². The largest absolute Gasteiger partial charge is 0.359 e. The van der Waals surface area contributed by atoms with E-state index in [-0.39, 0.29) is 26.6 Å². The van der Waals surface area contributed by atoms with Gasteiger partial charge in [0.05, 0.1) is 0 Å². The standard InChI is InChI=1S/C24H29BrN2O2S/c1-19(28)26-27(17-11-3-2-6-12-20-13-7-4-8-14-20)23(29)22(25)24(27)30-18-21-15-9-5-10-16-21/h4-5,7-10,13-16,22,24H,2-3,6,11-12,17-18H2,1H3/p+1/t22-,24+,27?/m0/s1. The Kier molecular flexibility index (Phi) is 8.54. The number of nitrogens with one attached hydrogen (secondary N) is 1. The number of quaternary nitrogens is 1. The number of nitrogens with zero attached hydrogens (tertiary/aromatic N) is 1. The first-order chi connectivity index (χ1) is 14.5. The van der Waals surface area contributed by atoms with Gasteiger partial charge in [-0.3, -0.25) is 4.79 Å². The van der Waals surface area contributed by atoms with Crippen LogP contribution in [-0.4, -0.2) is 33.2 Å². The molecule has 0 bridgehead atoms. The summed E-state index contributed by atoms with van der Waals surface area (Å²) < 4.78 is 0.0570. The zero-order valence-corrected chi connectivity index (χ0v) is 19.8. The molecule has 6 heteroatoms. The van der Waals surface area contributed by atoms with Crippen molar-refractivity contribution in [1.29, 1.82) is 0 Å². The Labute approximate surface area is 192 Å². The number of likely N-dealkylation sites (tertiary alicyclic amines) is 1. The Morgan fingerprint density at radius 1 is 0.967 bits per heavy atom. The molecule has 1 N–H and O–H groups in total. The molecular formula is C24H30BrN2O2S+. The maximum Gasteiger partial charge on any atom is 0.359 e. The molecule has 0 saturated carbocycles. The number of carbonyl (C=O) groups is 2. The first-order valence-electron chi connectivity index (χ1n) is 10.6. The normalized spacial score (nSPS) is 23.1. The molecule has 2 amide bonds. The lowest BCUT2D eigenvalue weighted by molar-refractivity contribution is -0.922. The second-order valence-electron chi connectivity index (χ2n) is 7.84. The smallest absolute Gasteiger partial charge is 0.270 e. The molecular weight excluding hydrogens is 460 g/mol. The summed E-state index contributed by atoms with van der Waals surface area (Å²) in [5.41, 5.74) is 5.57. The number of hydrogen-bond donors (Lipinski definition) is 1. The molecule has 0 aromatic heterocycles. The van der Waals surface area contributed by atoms with Crippen LogP contribution in [0.15, 0.2) is 60.7 Å². The molecule has 30 heavy (non-hydrogen) atoms. The third kappa shape index (κ3) is 5.74. The molecule has 1 aliphatic heterocycles. The van der Waals surface area contributed by atoms with Crippen LogP contribution in [0, 0.1) is 0 Å². The van der Waals surface area contributed by atoms with Crippen molar-refractivity contribution in [2.75, 3.05) is 6.54 Å².